The first kappa shape index (κ1) is 10.1. The number of hydrogen-bond donors (Lipinski definition) is 1. The second kappa shape index (κ2) is 4.32. The second-order valence-electron chi connectivity index (χ2n) is 2.39. The van der Waals surface area contributed by atoms with Crippen LogP contribution in [-0.2, 0) is 4.74 Å². The summed E-state index contributed by atoms with van der Waals surface area (Å²) in [6.45, 7) is 1.82. The predicted octanol–water partition coefficient (Wildman–Crippen LogP) is 1.97. The molecule has 1 N–H and O–H groups in total. The van der Waals surface area contributed by atoms with Crippen LogP contribution in [0.5, 0.6) is 0 Å². The van der Waals surface area contributed by atoms with Crippen LogP contribution in [0.15, 0.2) is 10.1 Å². The van der Waals surface area contributed by atoms with Crippen LogP contribution < -0.4 is 0 Å². The molecule has 0 radical (unpaired) electrons. The number of rotatable bonds is 3. The third kappa shape index (κ3) is 2.04. The van der Waals surface area contributed by atoms with E-state index in [9.17, 15) is 5.11 Å². The van der Waals surface area contributed by atoms with Crippen molar-refractivity contribution in [3.8, 4) is 0 Å². The molecule has 0 saturated heterocycles. The molecular formula is C7H10BrNO2S. The number of aliphatic hydroxyl groups excluding tert-OH is 1. The van der Waals surface area contributed by atoms with Crippen LogP contribution in [0.25, 0.3) is 0 Å². The van der Waals surface area contributed by atoms with E-state index in [0.717, 1.165) is 4.88 Å². The van der Waals surface area contributed by atoms with E-state index in [2.05, 4.69) is 20.9 Å². The highest BCUT2D eigenvalue weighted by atomic mass is 79.9. The lowest BCUT2D eigenvalue weighted by molar-refractivity contribution is -0.0000177. The average molecular weight is 252 g/mol. The smallest absolute Gasteiger partial charge is 0.122 e. The molecule has 0 spiro atoms. The van der Waals surface area contributed by atoms with Gasteiger partial charge in [-0.15, -0.1) is 11.3 Å². The monoisotopic (exact) mass is 251 g/mol. The quantitative estimate of drug-likeness (QED) is 0.894. The first-order valence-corrected chi connectivity index (χ1v) is 5.13. The summed E-state index contributed by atoms with van der Waals surface area (Å²) in [6, 6.07) is 0. The summed E-state index contributed by atoms with van der Waals surface area (Å²) in [5, 5.41) is 9.67. The Hall–Kier alpha value is 0.0300. The summed E-state index contributed by atoms with van der Waals surface area (Å²) in [5.74, 6) is 0. The van der Waals surface area contributed by atoms with E-state index in [1.807, 2.05) is 6.92 Å². The van der Waals surface area contributed by atoms with Gasteiger partial charge in [-0.1, -0.05) is 0 Å². The Labute approximate surface area is 83.5 Å². The first-order chi connectivity index (χ1) is 5.66. The lowest BCUT2D eigenvalue weighted by Gasteiger charge is -2.15. The zero-order valence-corrected chi connectivity index (χ0v) is 9.22. The third-order valence-electron chi connectivity index (χ3n) is 1.63. The summed E-state index contributed by atoms with van der Waals surface area (Å²) in [5.41, 5.74) is 1.69. The fourth-order valence-electron chi connectivity index (χ4n) is 0.775. The number of thiazole rings is 1. The van der Waals surface area contributed by atoms with E-state index >= 15 is 0 Å². The molecule has 0 bridgehead atoms. The van der Waals surface area contributed by atoms with Gasteiger partial charge in [0.1, 0.15) is 10.7 Å². The SMILES string of the molecule is COC(C)C(O)c1scnc1Br. The van der Waals surface area contributed by atoms with Crippen molar-refractivity contribution in [1.82, 2.24) is 4.98 Å². The molecule has 0 fully saturated rings. The molecule has 0 saturated carbocycles. The molecule has 3 nitrogen and oxygen atoms in total. The largest absolute Gasteiger partial charge is 0.385 e. The van der Waals surface area contributed by atoms with Crippen LogP contribution >= 0.6 is 27.3 Å². The molecule has 1 aromatic heterocycles. The molecule has 2 unspecified atom stereocenters. The average Bonchev–Trinajstić information content (AvgIpc) is 2.48. The molecule has 1 rings (SSSR count). The van der Waals surface area contributed by atoms with Gasteiger partial charge in [0.05, 0.1) is 16.5 Å². The fraction of sp³-hybridized carbons (Fsp3) is 0.571. The predicted molar refractivity (Wildman–Crippen MR) is 51.2 cm³/mol. The Kier molecular flexibility index (Phi) is 3.64. The van der Waals surface area contributed by atoms with Crippen molar-refractivity contribution in [2.75, 3.05) is 7.11 Å². The second-order valence-corrected chi connectivity index (χ2v) is 4.03. The molecule has 1 aromatic rings. The van der Waals surface area contributed by atoms with Gasteiger partial charge >= 0.3 is 0 Å². The highest BCUT2D eigenvalue weighted by Crippen LogP contribution is 2.29. The van der Waals surface area contributed by atoms with Gasteiger partial charge in [-0.2, -0.15) is 0 Å². The Morgan fingerprint density at radius 1 is 1.75 bits per heavy atom. The van der Waals surface area contributed by atoms with Gasteiger partial charge in [0.25, 0.3) is 0 Å². The Morgan fingerprint density at radius 3 is 2.83 bits per heavy atom. The molecule has 2 atom stereocenters. The zero-order chi connectivity index (χ0) is 9.14. The number of halogens is 1. The van der Waals surface area contributed by atoms with E-state index in [0.29, 0.717) is 4.60 Å². The van der Waals surface area contributed by atoms with Crippen molar-refractivity contribution < 1.29 is 9.84 Å². The zero-order valence-electron chi connectivity index (χ0n) is 6.82. The van der Waals surface area contributed by atoms with Crippen molar-refractivity contribution in [2.24, 2.45) is 0 Å². The number of hydrogen-bond acceptors (Lipinski definition) is 4. The molecule has 0 aromatic carbocycles. The lowest BCUT2D eigenvalue weighted by Crippen LogP contribution is -2.16. The summed E-state index contributed by atoms with van der Waals surface area (Å²) >= 11 is 4.66. The van der Waals surface area contributed by atoms with Gasteiger partial charge in [-0.3, -0.25) is 0 Å². The number of ether oxygens (including phenoxy) is 1. The van der Waals surface area contributed by atoms with Crippen LogP contribution in [0, 0.1) is 0 Å². The van der Waals surface area contributed by atoms with Crippen molar-refractivity contribution in [1.29, 1.82) is 0 Å². The van der Waals surface area contributed by atoms with Gasteiger partial charge < -0.3 is 9.84 Å². The van der Waals surface area contributed by atoms with Crippen molar-refractivity contribution in [3.63, 3.8) is 0 Å². The molecule has 0 aliphatic heterocycles. The number of methoxy groups -OCH3 is 1. The minimum absolute atomic E-state index is 0.207. The molecule has 0 aliphatic carbocycles. The normalized spacial score (nSPS) is 16.0. The third-order valence-corrected chi connectivity index (χ3v) is 3.43. The van der Waals surface area contributed by atoms with Crippen LogP contribution in [0.4, 0.5) is 0 Å². The molecule has 0 aliphatic rings. The van der Waals surface area contributed by atoms with Crippen LogP contribution in [-0.4, -0.2) is 23.3 Å². The topological polar surface area (TPSA) is 42.4 Å². The van der Waals surface area contributed by atoms with E-state index in [1.165, 1.54) is 11.3 Å². The Balaban J connectivity index is 2.77. The van der Waals surface area contributed by atoms with E-state index in [4.69, 9.17) is 4.74 Å². The maximum Gasteiger partial charge on any atom is 0.122 e. The van der Waals surface area contributed by atoms with Gasteiger partial charge in [0, 0.05) is 7.11 Å². The molecular weight excluding hydrogens is 242 g/mol. The number of aromatic nitrogens is 1. The number of aliphatic hydroxyl groups is 1. The molecule has 68 valence electrons. The fourth-order valence-corrected chi connectivity index (χ4v) is 2.28. The van der Waals surface area contributed by atoms with Gasteiger partial charge in [-0.05, 0) is 22.9 Å². The van der Waals surface area contributed by atoms with Crippen molar-refractivity contribution in [2.45, 2.75) is 19.1 Å². The standard InChI is InChI=1S/C7H10BrNO2S/c1-4(11-2)5(10)6-7(8)9-3-12-6/h3-5,10H,1-2H3. The van der Waals surface area contributed by atoms with E-state index in [1.54, 1.807) is 12.6 Å². The van der Waals surface area contributed by atoms with Crippen LogP contribution in [0.2, 0.25) is 0 Å². The molecule has 0 amide bonds. The summed E-state index contributed by atoms with van der Waals surface area (Å²) in [6.07, 6.45) is -0.807. The minimum atomic E-state index is -0.600. The maximum absolute atomic E-state index is 9.67. The molecule has 5 heteroatoms. The van der Waals surface area contributed by atoms with Crippen LogP contribution in [0.3, 0.4) is 0 Å². The van der Waals surface area contributed by atoms with Gasteiger partial charge in [-0.25, -0.2) is 4.98 Å². The number of nitrogens with zero attached hydrogens (tertiary/aromatic N) is 1. The Bertz CT molecular complexity index is 253. The minimum Gasteiger partial charge on any atom is -0.385 e. The summed E-state index contributed by atoms with van der Waals surface area (Å²) in [7, 11) is 1.57. The lowest BCUT2D eigenvalue weighted by atomic mass is 10.2. The molecule has 12 heavy (non-hydrogen) atoms. The maximum atomic E-state index is 9.67. The van der Waals surface area contributed by atoms with Crippen molar-refractivity contribution >= 4 is 27.3 Å². The molecule has 1 heterocycles. The Morgan fingerprint density at radius 2 is 2.42 bits per heavy atom. The van der Waals surface area contributed by atoms with Crippen LogP contribution in [0.1, 0.15) is 17.9 Å². The highest BCUT2D eigenvalue weighted by molar-refractivity contribution is 9.10. The summed E-state index contributed by atoms with van der Waals surface area (Å²) < 4.78 is 5.70. The van der Waals surface area contributed by atoms with E-state index < -0.39 is 6.10 Å². The van der Waals surface area contributed by atoms with Gasteiger partial charge in [0.2, 0.25) is 0 Å². The van der Waals surface area contributed by atoms with Crippen molar-refractivity contribution in [3.05, 3.63) is 15.0 Å². The highest BCUT2D eigenvalue weighted by Gasteiger charge is 2.20. The first-order valence-electron chi connectivity index (χ1n) is 3.46. The summed E-state index contributed by atoms with van der Waals surface area (Å²) in [4.78, 5) is 4.78. The van der Waals surface area contributed by atoms with Gasteiger partial charge in [0.15, 0.2) is 0 Å². The van der Waals surface area contributed by atoms with E-state index in [-0.39, 0.29) is 6.10 Å².